The van der Waals surface area contributed by atoms with E-state index >= 15 is 0 Å². The second-order valence-corrected chi connectivity index (χ2v) is 18.8. The molecule has 4 heterocycles. The van der Waals surface area contributed by atoms with E-state index in [1.165, 1.54) is 69.7 Å². The minimum Gasteiger partial charge on any atom is -0.546 e. The van der Waals surface area contributed by atoms with Crippen LogP contribution in [0.15, 0.2) is 48.8 Å². The van der Waals surface area contributed by atoms with Crippen LogP contribution in [0.25, 0.3) is 33.3 Å². The van der Waals surface area contributed by atoms with Crippen LogP contribution in [0.5, 0.6) is 5.75 Å². The molecule has 0 saturated heterocycles. The third kappa shape index (κ3) is 8.72. The molecule has 1 aliphatic rings. The Labute approximate surface area is 316 Å². The molecule has 53 heavy (non-hydrogen) atoms. The molecule has 284 valence electrons. The van der Waals surface area contributed by atoms with Crippen LogP contribution in [0, 0.1) is 0 Å². The van der Waals surface area contributed by atoms with E-state index in [2.05, 4.69) is 84.7 Å². The molecule has 0 radical (unpaired) electrons. The van der Waals surface area contributed by atoms with Gasteiger partial charge >= 0.3 is 6.09 Å². The number of carbonyl (C=O) groups is 1. The Hall–Kier alpha value is -4.38. The molecular weight excluding hydrogens is 679 g/mol. The van der Waals surface area contributed by atoms with Crippen molar-refractivity contribution in [2.75, 3.05) is 12.3 Å². The molecule has 0 spiro atoms. The first-order valence-electron chi connectivity index (χ1n) is 19.8. The minimum atomic E-state index is -1.58. The summed E-state index contributed by atoms with van der Waals surface area (Å²) in [5.41, 5.74) is 12.8. The average Bonchev–Trinajstić information content (AvgIpc) is 3.72. The van der Waals surface area contributed by atoms with Gasteiger partial charge in [0.15, 0.2) is 5.65 Å². The molecule has 0 aliphatic carbocycles. The lowest BCUT2D eigenvalue weighted by Gasteiger charge is -2.38. The Morgan fingerprint density at radius 1 is 0.943 bits per heavy atom. The highest BCUT2D eigenvalue weighted by atomic mass is 28.3. The Kier molecular flexibility index (Phi) is 11.8. The van der Waals surface area contributed by atoms with Gasteiger partial charge in [0.25, 0.3) is 0 Å². The van der Waals surface area contributed by atoms with Crippen molar-refractivity contribution in [3.05, 3.63) is 65.5 Å². The number of nitrogens with one attached hydrogen (secondary N) is 1. The van der Waals surface area contributed by atoms with Gasteiger partial charge < -0.3 is 24.8 Å². The topological polar surface area (TPSA) is 124 Å². The van der Waals surface area contributed by atoms with Crippen molar-refractivity contribution in [1.82, 2.24) is 29.6 Å². The number of amides is 1. The largest absolute Gasteiger partial charge is 0.546 e. The standard InChI is InChI=1S/C42H59N7O3Si/c1-8-11-19-42(20-12-9-2,21-13-10-3)53(7)52-33-16-17-34-32(24-33)25-35(46-34)37-36-38(43)44-28-45-39(36)49(47-37)26-29-14-15-31-27-48(22-18-30(31)23-29)40(50)51-41(4,5)6/h14-17,23-25,28,46,53H,8-13,18-22,26-27H2,1-7H3,(H2,43,44,45). The van der Waals surface area contributed by atoms with Crippen molar-refractivity contribution >= 4 is 42.9 Å². The van der Waals surface area contributed by atoms with Crippen molar-refractivity contribution < 1.29 is 14.0 Å². The van der Waals surface area contributed by atoms with Gasteiger partial charge in [-0.05, 0) is 99.0 Å². The van der Waals surface area contributed by atoms with Gasteiger partial charge in [-0.3, -0.25) is 0 Å². The summed E-state index contributed by atoms with van der Waals surface area (Å²) in [5, 5.41) is 7.22. The maximum atomic E-state index is 12.7. The lowest BCUT2D eigenvalue weighted by Crippen LogP contribution is -2.39. The monoisotopic (exact) mass is 737 g/mol. The van der Waals surface area contributed by atoms with Crippen molar-refractivity contribution in [1.29, 1.82) is 0 Å². The van der Waals surface area contributed by atoms with Gasteiger partial charge in [0.05, 0.1) is 17.6 Å². The van der Waals surface area contributed by atoms with Gasteiger partial charge in [0.2, 0.25) is 9.04 Å². The van der Waals surface area contributed by atoms with Gasteiger partial charge in [-0.25, -0.2) is 19.4 Å². The fraction of sp³-hybridized carbons (Fsp3) is 0.524. The van der Waals surface area contributed by atoms with Crippen LogP contribution in [0.2, 0.25) is 11.6 Å². The highest BCUT2D eigenvalue weighted by Gasteiger charge is 2.38. The number of fused-ring (bicyclic) bond motifs is 3. The first kappa shape index (κ1) is 38.3. The van der Waals surface area contributed by atoms with E-state index in [0.717, 1.165) is 51.0 Å². The van der Waals surface area contributed by atoms with Gasteiger partial charge in [0.1, 0.15) is 29.2 Å². The van der Waals surface area contributed by atoms with Crippen LogP contribution >= 0.6 is 0 Å². The van der Waals surface area contributed by atoms with Crippen LogP contribution in [0.3, 0.4) is 0 Å². The third-order valence-corrected chi connectivity index (χ3v) is 14.1. The molecule has 0 bridgehead atoms. The first-order chi connectivity index (χ1) is 25.4. The number of hydrogen-bond acceptors (Lipinski definition) is 7. The van der Waals surface area contributed by atoms with Crippen molar-refractivity contribution in [2.45, 2.75) is 136 Å². The number of aromatic nitrogens is 5. The van der Waals surface area contributed by atoms with E-state index in [1.807, 2.05) is 25.5 Å². The van der Waals surface area contributed by atoms with Gasteiger partial charge in [-0.15, -0.1) is 0 Å². The number of rotatable bonds is 15. The summed E-state index contributed by atoms with van der Waals surface area (Å²) in [6.07, 6.45) is 13.3. The molecule has 11 heteroatoms. The molecule has 1 amide bonds. The zero-order chi connectivity index (χ0) is 37.8. The Morgan fingerprint density at radius 2 is 1.66 bits per heavy atom. The molecular formula is C42H59N7O3Si. The molecule has 1 aliphatic heterocycles. The predicted octanol–water partition coefficient (Wildman–Crippen LogP) is 9.94. The second-order valence-electron chi connectivity index (χ2n) is 16.1. The van der Waals surface area contributed by atoms with E-state index in [0.29, 0.717) is 36.1 Å². The Morgan fingerprint density at radius 3 is 2.34 bits per heavy atom. The molecule has 0 saturated carbocycles. The molecule has 3 aromatic heterocycles. The number of H-pyrrole nitrogens is 1. The summed E-state index contributed by atoms with van der Waals surface area (Å²) in [5.74, 6) is 1.35. The molecule has 5 aromatic rings. The number of aromatic amines is 1. The van der Waals surface area contributed by atoms with Gasteiger partial charge in [0, 0.05) is 24.0 Å². The number of unbranched alkanes of at least 4 members (excludes halogenated alkanes) is 3. The third-order valence-electron chi connectivity index (χ3n) is 10.9. The van der Waals surface area contributed by atoms with E-state index in [4.69, 9.17) is 20.0 Å². The van der Waals surface area contributed by atoms with Gasteiger partial charge in [-0.1, -0.05) is 77.5 Å². The number of benzene rings is 2. The lowest BCUT2D eigenvalue weighted by atomic mass is 9.89. The van der Waals surface area contributed by atoms with Crippen molar-refractivity contribution in [3.8, 4) is 17.1 Å². The molecule has 1 unspecified atom stereocenters. The molecule has 10 nitrogen and oxygen atoms in total. The van der Waals surface area contributed by atoms with E-state index in [9.17, 15) is 4.79 Å². The van der Waals surface area contributed by atoms with Crippen molar-refractivity contribution in [3.63, 3.8) is 0 Å². The summed E-state index contributed by atoms with van der Waals surface area (Å²) >= 11 is 0. The SMILES string of the molecule is CCCCC(CCCC)(CCCC)[SiH](C)Oc1ccc2[nH]c(-c3nn(Cc4ccc5c(c4)CCN(C(=O)OC(C)(C)C)C5)c4ncnc(N)c34)cc2c1. The smallest absolute Gasteiger partial charge is 0.410 e. The van der Waals surface area contributed by atoms with Crippen LogP contribution in [-0.2, 0) is 24.2 Å². The van der Waals surface area contributed by atoms with E-state index in [1.54, 1.807) is 4.90 Å². The highest BCUT2D eigenvalue weighted by molar-refractivity contribution is 6.55. The Balaban J connectivity index is 1.25. The van der Waals surface area contributed by atoms with Crippen LogP contribution in [-0.4, -0.2) is 56.9 Å². The summed E-state index contributed by atoms with van der Waals surface area (Å²) in [6.45, 7) is 16.7. The summed E-state index contributed by atoms with van der Waals surface area (Å²) in [4.78, 5) is 27.1. The van der Waals surface area contributed by atoms with E-state index in [-0.39, 0.29) is 6.09 Å². The summed E-state index contributed by atoms with van der Waals surface area (Å²) in [6, 6.07) is 15.0. The minimum absolute atomic E-state index is 0.272. The quantitative estimate of drug-likeness (QED) is 0.103. The summed E-state index contributed by atoms with van der Waals surface area (Å²) in [7, 11) is -1.58. The molecule has 1 atom stereocenters. The maximum Gasteiger partial charge on any atom is 0.410 e. The molecule has 3 N–H and O–H groups in total. The zero-order valence-corrected chi connectivity index (χ0v) is 34.1. The summed E-state index contributed by atoms with van der Waals surface area (Å²) < 4.78 is 14.5. The van der Waals surface area contributed by atoms with Crippen molar-refractivity contribution in [2.24, 2.45) is 0 Å². The number of hydrogen-bond donors (Lipinski definition) is 2. The number of ether oxygens (including phenoxy) is 1. The Bertz CT molecular complexity index is 2010. The molecule has 0 fully saturated rings. The lowest BCUT2D eigenvalue weighted by molar-refractivity contribution is 0.0224. The molecule has 2 aromatic carbocycles. The number of nitrogens with zero attached hydrogens (tertiary/aromatic N) is 5. The maximum absolute atomic E-state index is 12.7. The first-order valence-corrected chi connectivity index (χ1v) is 22.0. The highest BCUT2D eigenvalue weighted by Crippen LogP contribution is 2.47. The fourth-order valence-corrected chi connectivity index (χ4v) is 10.5. The average molecular weight is 738 g/mol. The predicted molar refractivity (Wildman–Crippen MR) is 218 cm³/mol. The fourth-order valence-electron chi connectivity index (χ4n) is 7.90. The zero-order valence-electron chi connectivity index (χ0n) is 32.9. The van der Waals surface area contributed by atoms with Gasteiger partial charge in [-0.2, -0.15) is 5.10 Å². The van der Waals surface area contributed by atoms with Crippen LogP contribution < -0.4 is 10.2 Å². The van der Waals surface area contributed by atoms with E-state index < -0.39 is 14.6 Å². The number of nitrogen functional groups attached to an aromatic ring is 1. The van der Waals surface area contributed by atoms with Crippen LogP contribution in [0.4, 0.5) is 10.6 Å². The molecule has 6 rings (SSSR count). The number of carbonyl (C=O) groups excluding carboxylic acids is 1. The van der Waals surface area contributed by atoms with Crippen LogP contribution in [0.1, 0.15) is 116 Å². The normalized spacial score (nSPS) is 14.1. The number of nitrogens with two attached hydrogens (primary N) is 1. The number of anilines is 1. The second kappa shape index (κ2) is 16.3.